The highest BCUT2D eigenvalue weighted by atomic mass is 32.2. The van der Waals surface area contributed by atoms with Gasteiger partial charge in [0.15, 0.2) is 5.16 Å². The van der Waals surface area contributed by atoms with E-state index in [9.17, 15) is 0 Å². The highest BCUT2D eigenvalue weighted by molar-refractivity contribution is 7.98. The number of hydrogen-bond donors (Lipinski definition) is 0. The molecule has 2 aromatic rings. The van der Waals surface area contributed by atoms with E-state index in [0.29, 0.717) is 5.69 Å². The van der Waals surface area contributed by atoms with E-state index in [1.807, 2.05) is 18.4 Å². The number of aromatic nitrogens is 3. The number of thioether (sulfide) groups is 1. The number of aryl methyl sites for hydroxylation is 1. The number of anilines is 2. The normalized spacial score (nSPS) is 14.5. The van der Waals surface area contributed by atoms with Gasteiger partial charge >= 0.3 is 0 Å². The quantitative estimate of drug-likeness (QED) is 0.625. The zero-order valence-corrected chi connectivity index (χ0v) is 14.8. The molecule has 0 spiro atoms. The minimum absolute atomic E-state index is 0.461. The summed E-state index contributed by atoms with van der Waals surface area (Å²) in [4.78, 5) is 18.1. The Morgan fingerprint density at radius 1 is 1.08 bits per heavy atom. The van der Waals surface area contributed by atoms with Crippen LogP contribution in [0.15, 0.2) is 29.4 Å². The molecule has 0 saturated carbocycles. The van der Waals surface area contributed by atoms with Crippen LogP contribution in [0.25, 0.3) is 0 Å². The van der Waals surface area contributed by atoms with Gasteiger partial charge in [-0.15, -0.1) is 0 Å². The molecule has 3 heterocycles. The Labute approximate surface area is 146 Å². The highest BCUT2D eigenvalue weighted by Gasteiger charge is 2.20. The van der Waals surface area contributed by atoms with Crippen LogP contribution < -0.4 is 9.80 Å². The number of pyridine rings is 1. The molecule has 7 heteroatoms. The summed E-state index contributed by atoms with van der Waals surface area (Å²) in [6.45, 7) is 5.60. The minimum atomic E-state index is 0.461. The van der Waals surface area contributed by atoms with Gasteiger partial charge in [0.05, 0.1) is 0 Å². The Bertz CT molecular complexity index is 727. The number of nitrogens with zero attached hydrogens (tertiary/aromatic N) is 6. The van der Waals surface area contributed by atoms with E-state index in [1.54, 1.807) is 17.8 Å². The fraction of sp³-hybridized carbons (Fsp3) is 0.412. The Hall–Kier alpha value is -2.33. The molecule has 0 aliphatic carbocycles. The molecule has 1 aliphatic heterocycles. The third kappa shape index (κ3) is 3.60. The van der Waals surface area contributed by atoms with Crippen molar-refractivity contribution in [3.8, 4) is 6.07 Å². The zero-order valence-electron chi connectivity index (χ0n) is 13.9. The van der Waals surface area contributed by atoms with Crippen molar-refractivity contribution in [2.75, 3.05) is 42.2 Å². The molecule has 0 bridgehead atoms. The summed E-state index contributed by atoms with van der Waals surface area (Å²) in [6, 6.07) is 9.76. The molecule has 1 saturated heterocycles. The molecule has 0 unspecified atom stereocenters. The van der Waals surface area contributed by atoms with Gasteiger partial charge in [-0.25, -0.2) is 15.0 Å². The third-order valence-corrected chi connectivity index (χ3v) is 4.61. The van der Waals surface area contributed by atoms with Gasteiger partial charge in [0.1, 0.15) is 23.4 Å². The second-order valence-electron chi connectivity index (χ2n) is 5.52. The summed E-state index contributed by atoms with van der Waals surface area (Å²) in [6.07, 6.45) is 2.91. The monoisotopic (exact) mass is 340 g/mol. The molecular weight excluding hydrogens is 320 g/mol. The van der Waals surface area contributed by atoms with Crippen LogP contribution in [-0.2, 0) is 6.42 Å². The Balaban J connectivity index is 1.72. The van der Waals surface area contributed by atoms with Gasteiger partial charge in [-0.05, 0) is 24.8 Å². The van der Waals surface area contributed by atoms with Gasteiger partial charge in [0.2, 0.25) is 0 Å². The van der Waals surface area contributed by atoms with Crippen LogP contribution in [-0.4, -0.2) is 47.4 Å². The van der Waals surface area contributed by atoms with E-state index >= 15 is 0 Å². The summed E-state index contributed by atoms with van der Waals surface area (Å²) in [7, 11) is 0. The van der Waals surface area contributed by atoms with Crippen molar-refractivity contribution in [2.45, 2.75) is 18.5 Å². The maximum atomic E-state index is 8.99. The third-order valence-electron chi connectivity index (χ3n) is 4.07. The second-order valence-corrected chi connectivity index (χ2v) is 6.30. The first kappa shape index (κ1) is 16.5. The predicted molar refractivity (Wildman–Crippen MR) is 96.6 cm³/mol. The summed E-state index contributed by atoms with van der Waals surface area (Å²) < 4.78 is 0. The molecule has 0 atom stereocenters. The fourth-order valence-corrected chi connectivity index (χ4v) is 3.11. The molecule has 0 amide bonds. The molecule has 1 aliphatic rings. The van der Waals surface area contributed by atoms with Gasteiger partial charge in [-0.1, -0.05) is 24.8 Å². The highest BCUT2D eigenvalue weighted by Crippen LogP contribution is 2.21. The fourth-order valence-electron chi connectivity index (χ4n) is 2.72. The molecule has 0 aromatic carbocycles. The molecule has 124 valence electrons. The number of nitriles is 1. The lowest BCUT2D eigenvalue weighted by atomic mass is 10.2. The van der Waals surface area contributed by atoms with Gasteiger partial charge in [0.25, 0.3) is 0 Å². The van der Waals surface area contributed by atoms with Crippen LogP contribution in [0.4, 0.5) is 11.6 Å². The minimum Gasteiger partial charge on any atom is -0.353 e. The van der Waals surface area contributed by atoms with E-state index in [4.69, 9.17) is 5.26 Å². The second kappa shape index (κ2) is 7.49. The van der Waals surface area contributed by atoms with Gasteiger partial charge < -0.3 is 9.80 Å². The Kier molecular flexibility index (Phi) is 5.16. The summed E-state index contributed by atoms with van der Waals surface area (Å²) in [5, 5.41) is 9.82. The smallest absolute Gasteiger partial charge is 0.189 e. The van der Waals surface area contributed by atoms with Gasteiger partial charge in [-0.3, -0.25) is 0 Å². The van der Waals surface area contributed by atoms with Crippen LogP contribution in [0.2, 0.25) is 0 Å². The van der Waals surface area contributed by atoms with E-state index in [2.05, 4.69) is 43.8 Å². The Morgan fingerprint density at radius 2 is 1.79 bits per heavy atom. The van der Waals surface area contributed by atoms with E-state index in [0.717, 1.165) is 55.1 Å². The molecule has 1 fully saturated rings. The molecule has 3 rings (SSSR count). The largest absolute Gasteiger partial charge is 0.353 e. The van der Waals surface area contributed by atoms with Crippen LogP contribution >= 0.6 is 11.8 Å². The first-order chi connectivity index (χ1) is 11.7. The summed E-state index contributed by atoms with van der Waals surface area (Å²) in [5.41, 5.74) is 1.54. The van der Waals surface area contributed by atoms with Crippen molar-refractivity contribution in [2.24, 2.45) is 0 Å². The first-order valence-electron chi connectivity index (χ1n) is 8.02. The van der Waals surface area contributed by atoms with E-state index < -0.39 is 0 Å². The van der Waals surface area contributed by atoms with Crippen LogP contribution in [0.1, 0.15) is 18.3 Å². The zero-order chi connectivity index (χ0) is 16.9. The van der Waals surface area contributed by atoms with E-state index in [-0.39, 0.29) is 0 Å². The van der Waals surface area contributed by atoms with Crippen molar-refractivity contribution in [3.05, 3.63) is 35.7 Å². The van der Waals surface area contributed by atoms with Gasteiger partial charge in [0, 0.05) is 37.9 Å². The lowest BCUT2D eigenvalue weighted by molar-refractivity contribution is 0.636. The van der Waals surface area contributed by atoms with E-state index in [1.165, 1.54) is 0 Å². The maximum Gasteiger partial charge on any atom is 0.189 e. The predicted octanol–water partition coefficient (Wildman–Crippen LogP) is 2.35. The number of rotatable bonds is 4. The number of piperazine rings is 1. The summed E-state index contributed by atoms with van der Waals surface area (Å²) >= 11 is 1.58. The van der Waals surface area contributed by atoms with Crippen LogP contribution in [0, 0.1) is 11.3 Å². The number of hydrogen-bond acceptors (Lipinski definition) is 7. The van der Waals surface area contributed by atoms with Crippen molar-refractivity contribution in [1.29, 1.82) is 5.26 Å². The topological polar surface area (TPSA) is 68.9 Å². The van der Waals surface area contributed by atoms with Crippen LogP contribution in [0.5, 0.6) is 0 Å². The van der Waals surface area contributed by atoms with Crippen molar-refractivity contribution >= 4 is 23.4 Å². The van der Waals surface area contributed by atoms with Crippen molar-refractivity contribution < 1.29 is 0 Å². The average molecular weight is 340 g/mol. The molecular formula is C17H20N6S. The molecule has 6 nitrogen and oxygen atoms in total. The Morgan fingerprint density at radius 3 is 2.42 bits per heavy atom. The molecule has 24 heavy (non-hydrogen) atoms. The van der Waals surface area contributed by atoms with Crippen molar-refractivity contribution in [1.82, 2.24) is 15.0 Å². The lowest BCUT2D eigenvalue weighted by Gasteiger charge is -2.36. The molecule has 2 aromatic heterocycles. The molecule has 0 radical (unpaired) electrons. The SMILES string of the molecule is CCc1cc(N2CCN(c3cccc(C#N)n3)CC2)nc(SC)n1. The first-order valence-corrected chi connectivity index (χ1v) is 9.25. The molecule has 0 N–H and O–H groups in total. The lowest BCUT2D eigenvalue weighted by Crippen LogP contribution is -2.47. The van der Waals surface area contributed by atoms with Gasteiger partial charge in [-0.2, -0.15) is 5.26 Å². The van der Waals surface area contributed by atoms with Crippen LogP contribution in [0.3, 0.4) is 0 Å². The standard InChI is InChI=1S/C17H20N6S/c1-3-13-11-16(21-17(20-13)24-2)23-9-7-22(8-10-23)15-6-4-5-14(12-18)19-15/h4-6,11H,3,7-10H2,1-2H3. The average Bonchev–Trinajstić information content (AvgIpc) is 2.67. The maximum absolute atomic E-state index is 8.99. The van der Waals surface area contributed by atoms with Crippen molar-refractivity contribution in [3.63, 3.8) is 0 Å². The summed E-state index contributed by atoms with van der Waals surface area (Å²) in [5.74, 6) is 1.88.